The standard InChI is InChI=1S/C19H26N4O2.2C2HF3O2/c1-15-17(16(2)25-21-15)13-22-9-6-19(7-10-22)14-23(11-12-24-19)18-5-3-4-8-20-18;2*3-2(4,5)1(6)7/h3-5,8H,6-7,9-14H2,1-2H3;2*(H,6,7). The Morgan fingerprint density at radius 1 is 1.00 bits per heavy atom. The molecule has 2 N–H and O–H groups in total. The molecule has 0 atom stereocenters. The first-order chi connectivity index (χ1) is 18.0. The Bertz CT molecular complexity index is 1040. The molecule has 2 aromatic rings. The topological polar surface area (TPSA) is 129 Å². The highest BCUT2D eigenvalue weighted by Gasteiger charge is 2.40. The molecule has 218 valence electrons. The number of halogens is 6. The van der Waals surface area contributed by atoms with Crippen LogP contribution >= 0.6 is 0 Å². The zero-order valence-corrected chi connectivity index (χ0v) is 21.1. The average Bonchev–Trinajstić information content (AvgIpc) is 3.18. The lowest BCUT2D eigenvalue weighted by molar-refractivity contribution is -0.193. The number of ether oxygens (including phenoxy) is 1. The van der Waals surface area contributed by atoms with E-state index in [2.05, 4.69) is 32.1 Å². The summed E-state index contributed by atoms with van der Waals surface area (Å²) in [6.07, 6.45) is -6.19. The Labute approximate surface area is 219 Å². The van der Waals surface area contributed by atoms with Crippen molar-refractivity contribution in [2.24, 2.45) is 0 Å². The van der Waals surface area contributed by atoms with Crippen LogP contribution in [0.1, 0.15) is 29.9 Å². The van der Waals surface area contributed by atoms with Gasteiger partial charge in [-0.25, -0.2) is 14.6 Å². The normalized spacial score (nSPS) is 17.5. The van der Waals surface area contributed by atoms with E-state index in [4.69, 9.17) is 29.1 Å². The summed E-state index contributed by atoms with van der Waals surface area (Å²) >= 11 is 0. The van der Waals surface area contributed by atoms with Gasteiger partial charge in [-0.15, -0.1) is 0 Å². The third-order valence-electron chi connectivity index (χ3n) is 6.04. The number of piperidine rings is 1. The minimum absolute atomic E-state index is 0.0367. The fraction of sp³-hybridized carbons (Fsp3) is 0.565. The number of aromatic nitrogens is 2. The maximum absolute atomic E-state index is 10.6. The Morgan fingerprint density at radius 3 is 2.00 bits per heavy atom. The van der Waals surface area contributed by atoms with Crippen LogP contribution in [0.25, 0.3) is 0 Å². The van der Waals surface area contributed by atoms with Crippen molar-refractivity contribution in [3.63, 3.8) is 0 Å². The van der Waals surface area contributed by atoms with Gasteiger partial charge in [0.05, 0.1) is 17.9 Å². The minimum Gasteiger partial charge on any atom is -0.475 e. The summed E-state index contributed by atoms with van der Waals surface area (Å²) in [7, 11) is 0. The van der Waals surface area contributed by atoms with Crippen LogP contribution in [0.2, 0.25) is 0 Å². The summed E-state index contributed by atoms with van der Waals surface area (Å²) in [6, 6.07) is 6.11. The fourth-order valence-electron chi connectivity index (χ4n) is 3.95. The van der Waals surface area contributed by atoms with Gasteiger partial charge in [0.25, 0.3) is 0 Å². The summed E-state index contributed by atoms with van der Waals surface area (Å²) in [4.78, 5) is 27.2. The van der Waals surface area contributed by atoms with Gasteiger partial charge in [-0.3, -0.25) is 4.90 Å². The number of anilines is 1. The Kier molecular flexibility index (Phi) is 10.7. The number of likely N-dealkylation sites (tertiary alicyclic amines) is 1. The molecule has 4 heterocycles. The second-order valence-corrected chi connectivity index (χ2v) is 8.83. The molecule has 1 spiro atoms. The van der Waals surface area contributed by atoms with Crippen LogP contribution in [0, 0.1) is 13.8 Å². The first-order valence-electron chi connectivity index (χ1n) is 11.6. The number of nitrogens with zero attached hydrogens (tertiary/aromatic N) is 4. The number of hydrogen-bond donors (Lipinski definition) is 2. The van der Waals surface area contributed by atoms with Crippen molar-refractivity contribution in [3.8, 4) is 0 Å². The van der Waals surface area contributed by atoms with Gasteiger partial charge in [0, 0.05) is 44.5 Å². The van der Waals surface area contributed by atoms with E-state index in [0.29, 0.717) is 0 Å². The molecule has 0 aromatic carbocycles. The van der Waals surface area contributed by atoms with E-state index >= 15 is 0 Å². The van der Waals surface area contributed by atoms with Gasteiger partial charge in [-0.1, -0.05) is 11.2 Å². The van der Waals surface area contributed by atoms with E-state index in [0.717, 1.165) is 69.4 Å². The molecule has 0 saturated carbocycles. The number of aryl methyl sites for hydroxylation is 2. The monoisotopic (exact) mass is 570 g/mol. The van der Waals surface area contributed by atoms with E-state index in [1.54, 1.807) is 0 Å². The molecule has 2 saturated heterocycles. The summed E-state index contributed by atoms with van der Waals surface area (Å²) in [5, 5.41) is 18.3. The van der Waals surface area contributed by atoms with Crippen LogP contribution in [-0.2, 0) is 20.9 Å². The van der Waals surface area contributed by atoms with Gasteiger partial charge in [0.15, 0.2) is 0 Å². The highest BCUT2D eigenvalue weighted by atomic mass is 19.4. The second kappa shape index (κ2) is 13.1. The molecule has 0 aliphatic carbocycles. The summed E-state index contributed by atoms with van der Waals surface area (Å²) < 4.78 is 75.0. The van der Waals surface area contributed by atoms with Crippen molar-refractivity contribution in [1.29, 1.82) is 0 Å². The molecule has 39 heavy (non-hydrogen) atoms. The summed E-state index contributed by atoms with van der Waals surface area (Å²) in [6.45, 7) is 9.65. The van der Waals surface area contributed by atoms with Crippen LogP contribution in [0.4, 0.5) is 32.2 Å². The molecule has 0 unspecified atom stereocenters. The van der Waals surface area contributed by atoms with E-state index in [-0.39, 0.29) is 5.60 Å². The quantitative estimate of drug-likeness (QED) is 0.526. The van der Waals surface area contributed by atoms with Crippen molar-refractivity contribution in [3.05, 3.63) is 41.4 Å². The molecule has 10 nitrogen and oxygen atoms in total. The fourth-order valence-corrected chi connectivity index (χ4v) is 3.95. The van der Waals surface area contributed by atoms with Crippen LogP contribution < -0.4 is 4.90 Å². The number of carboxylic acid groups (broad SMARTS) is 2. The highest BCUT2D eigenvalue weighted by Crippen LogP contribution is 2.32. The van der Waals surface area contributed by atoms with Crippen LogP contribution in [0.5, 0.6) is 0 Å². The zero-order valence-electron chi connectivity index (χ0n) is 21.1. The molecule has 0 bridgehead atoms. The first-order valence-corrected chi connectivity index (χ1v) is 11.6. The van der Waals surface area contributed by atoms with Gasteiger partial charge < -0.3 is 24.4 Å². The second-order valence-electron chi connectivity index (χ2n) is 8.83. The van der Waals surface area contributed by atoms with Crippen LogP contribution in [0.15, 0.2) is 28.9 Å². The van der Waals surface area contributed by atoms with Crippen molar-refractivity contribution in [1.82, 2.24) is 15.0 Å². The molecule has 2 aliphatic rings. The van der Waals surface area contributed by atoms with Gasteiger partial charge in [0.2, 0.25) is 0 Å². The smallest absolute Gasteiger partial charge is 0.475 e. The number of rotatable bonds is 3. The Hall–Kier alpha value is -3.40. The number of hydrogen-bond acceptors (Lipinski definition) is 8. The van der Waals surface area contributed by atoms with E-state index in [1.165, 1.54) is 5.56 Å². The molecule has 0 radical (unpaired) electrons. The van der Waals surface area contributed by atoms with E-state index in [1.807, 2.05) is 26.1 Å². The predicted molar refractivity (Wildman–Crippen MR) is 123 cm³/mol. The maximum atomic E-state index is 10.6. The van der Waals surface area contributed by atoms with Gasteiger partial charge in [-0.2, -0.15) is 26.3 Å². The molecule has 2 aromatic heterocycles. The largest absolute Gasteiger partial charge is 0.490 e. The zero-order chi connectivity index (χ0) is 29.4. The van der Waals surface area contributed by atoms with Crippen LogP contribution in [0.3, 0.4) is 0 Å². The molecule has 2 fully saturated rings. The number of carbonyl (C=O) groups is 2. The molecular weight excluding hydrogens is 542 g/mol. The predicted octanol–water partition coefficient (Wildman–Crippen LogP) is 3.82. The molecule has 4 rings (SSSR count). The molecule has 2 aliphatic heterocycles. The SMILES string of the molecule is Cc1noc(C)c1CN1CCC2(CC1)CN(c1ccccn1)CCO2.O=C(O)C(F)(F)F.O=C(O)C(F)(F)F. The van der Waals surface area contributed by atoms with Crippen molar-refractivity contribution in [2.75, 3.05) is 37.7 Å². The van der Waals surface area contributed by atoms with E-state index in [9.17, 15) is 26.3 Å². The lowest BCUT2D eigenvalue weighted by Gasteiger charge is -2.47. The number of alkyl halides is 6. The van der Waals surface area contributed by atoms with Crippen molar-refractivity contribution in [2.45, 2.75) is 51.2 Å². The van der Waals surface area contributed by atoms with Gasteiger partial charge in [-0.05, 0) is 38.8 Å². The number of aliphatic carboxylic acids is 2. The molecule has 0 amide bonds. The number of carboxylic acids is 2. The Balaban J connectivity index is 0.000000317. The summed E-state index contributed by atoms with van der Waals surface area (Å²) in [5.41, 5.74) is 2.20. The first kappa shape index (κ1) is 31.8. The summed E-state index contributed by atoms with van der Waals surface area (Å²) in [5.74, 6) is -3.52. The number of morpholine rings is 1. The average molecular weight is 570 g/mol. The molecular formula is C23H28F6N4O6. The number of pyridine rings is 1. The van der Waals surface area contributed by atoms with Gasteiger partial charge >= 0.3 is 24.3 Å². The highest BCUT2D eigenvalue weighted by molar-refractivity contribution is 5.73. The van der Waals surface area contributed by atoms with Crippen molar-refractivity contribution >= 4 is 17.8 Å². The lowest BCUT2D eigenvalue weighted by Crippen LogP contribution is -2.57. The third kappa shape index (κ3) is 9.69. The third-order valence-corrected chi connectivity index (χ3v) is 6.04. The van der Waals surface area contributed by atoms with Crippen molar-refractivity contribution < 1.29 is 55.4 Å². The van der Waals surface area contributed by atoms with E-state index < -0.39 is 24.3 Å². The minimum atomic E-state index is -5.08. The molecule has 16 heteroatoms. The lowest BCUT2D eigenvalue weighted by atomic mass is 9.89. The maximum Gasteiger partial charge on any atom is 0.490 e. The Morgan fingerprint density at radius 2 is 1.56 bits per heavy atom. The van der Waals surface area contributed by atoms with Gasteiger partial charge in [0.1, 0.15) is 11.6 Å². The van der Waals surface area contributed by atoms with Crippen LogP contribution in [-0.4, -0.2) is 87.9 Å².